The molecule has 7 heteroatoms. The maximum atomic E-state index is 12.9. The quantitative estimate of drug-likeness (QED) is 0.387. The molecule has 1 amide bonds. The molecule has 0 unspecified atom stereocenters. The minimum atomic E-state index is -0.337. The Morgan fingerprint density at radius 2 is 1.87 bits per heavy atom. The minimum Gasteiger partial charge on any atom is -0.438 e. The Labute approximate surface area is 183 Å². The van der Waals surface area contributed by atoms with Gasteiger partial charge in [-0.2, -0.15) is 0 Å². The van der Waals surface area contributed by atoms with Gasteiger partial charge in [0.2, 0.25) is 5.88 Å². The maximum absolute atomic E-state index is 12.9. The van der Waals surface area contributed by atoms with Gasteiger partial charge in [0.1, 0.15) is 11.3 Å². The Hall–Kier alpha value is -3.22. The van der Waals surface area contributed by atoms with Gasteiger partial charge in [0, 0.05) is 21.7 Å². The standard InChI is InChI=1S/C23H18ClN3O2S/c1-14-10-11-16(13-19(14)24)20-15(2)30-23(26-20)27-21(28)18-9-6-12-25-22(18)29-17-7-4-3-5-8-17/h3-13H,1-2H3,(H,26,27,28). The molecule has 1 N–H and O–H groups in total. The van der Waals surface area contributed by atoms with Crippen molar-refractivity contribution in [1.82, 2.24) is 9.97 Å². The summed E-state index contributed by atoms with van der Waals surface area (Å²) in [5.74, 6) is 0.505. The number of amides is 1. The number of hydrogen-bond acceptors (Lipinski definition) is 5. The molecule has 4 rings (SSSR count). The topological polar surface area (TPSA) is 64.1 Å². The van der Waals surface area contributed by atoms with Gasteiger partial charge in [-0.1, -0.05) is 41.9 Å². The number of benzene rings is 2. The van der Waals surface area contributed by atoms with E-state index < -0.39 is 0 Å². The van der Waals surface area contributed by atoms with E-state index in [0.29, 0.717) is 21.5 Å². The number of carbonyl (C=O) groups is 1. The molecule has 0 saturated carbocycles. The third-order valence-electron chi connectivity index (χ3n) is 4.44. The van der Waals surface area contributed by atoms with Gasteiger partial charge in [-0.25, -0.2) is 9.97 Å². The van der Waals surface area contributed by atoms with E-state index >= 15 is 0 Å². The Balaban J connectivity index is 1.57. The maximum Gasteiger partial charge on any atom is 0.262 e. The van der Waals surface area contributed by atoms with E-state index in [1.54, 1.807) is 30.5 Å². The number of aryl methyl sites for hydroxylation is 2. The van der Waals surface area contributed by atoms with Crippen LogP contribution in [0.15, 0.2) is 66.9 Å². The fourth-order valence-corrected chi connectivity index (χ4v) is 3.88. The molecular formula is C23H18ClN3O2S. The van der Waals surface area contributed by atoms with Crippen LogP contribution in [0.2, 0.25) is 5.02 Å². The van der Waals surface area contributed by atoms with E-state index in [2.05, 4.69) is 15.3 Å². The van der Waals surface area contributed by atoms with Gasteiger partial charge in [0.15, 0.2) is 5.13 Å². The molecule has 0 saturated heterocycles. The fraction of sp³-hybridized carbons (Fsp3) is 0.0870. The predicted octanol–water partition coefficient (Wildman–Crippen LogP) is 6.52. The van der Waals surface area contributed by atoms with E-state index in [-0.39, 0.29) is 11.8 Å². The Morgan fingerprint density at radius 3 is 2.63 bits per heavy atom. The van der Waals surface area contributed by atoms with Crippen molar-refractivity contribution >= 4 is 34.0 Å². The lowest BCUT2D eigenvalue weighted by Gasteiger charge is -2.09. The molecule has 2 heterocycles. The molecule has 0 radical (unpaired) electrons. The SMILES string of the molecule is Cc1ccc(-c2nc(NC(=O)c3cccnc3Oc3ccccc3)sc2C)cc1Cl. The van der Waals surface area contributed by atoms with Crippen molar-refractivity contribution in [3.05, 3.63) is 87.9 Å². The summed E-state index contributed by atoms with van der Waals surface area (Å²) in [7, 11) is 0. The Kier molecular flexibility index (Phi) is 5.79. The lowest BCUT2D eigenvalue weighted by atomic mass is 10.1. The highest BCUT2D eigenvalue weighted by Crippen LogP contribution is 2.33. The second-order valence-electron chi connectivity index (χ2n) is 6.61. The van der Waals surface area contributed by atoms with Crippen molar-refractivity contribution < 1.29 is 9.53 Å². The van der Waals surface area contributed by atoms with E-state index in [1.165, 1.54) is 11.3 Å². The third kappa shape index (κ3) is 4.35. The molecule has 0 aliphatic carbocycles. The molecule has 4 aromatic rings. The van der Waals surface area contributed by atoms with E-state index in [1.807, 2.05) is 50.2 Å². The van der Waals surface area contributed by atoms with Gasteiger partial charge in [0.25, 0.3) is 5.91 Å². The van der Waals surface area contributed by atoms with Crippen LogP contribution >= 0.6 is 22.9 Å². The Morgan fingerprint density at radius 1 is 1.07 bits per heavy atom. The van der Waals surface area contributed by atoms with E-state index in [0.717, 1.165) is 21.7 Å². The van der Waals surface area contributed by atoms with Crippen molar-refractivity contribution in [1.29, 1.82) is 0 Å². The van der Waals surface area contributed by atoms with Gasteiger partial charge in [0.05, 0.1) is 5.69 Å². The number of rotatable bonds is 5. The second kappa shape index (κ2) is 8.65. The molecule has 0 aliphatic heterocycles. The lowest BCUT2D eigenvalue weighted by molar-refractivity contribution is 0.102. The first kappa shape index (κ1) is 20.1. The van der Waals surface area contributed by atoms with Gasteiger partial charge >= 0.3 is 0 Å². The first-order valence-electron chi connectivity index (χ1n) is 9.24. The minimum absolute atomic E-state index is 0.236. The molecule has 0 bridgehead atoms. The van der Waals surface area contributed by atoms with Crippen LogP contribution < -0.4 is 10.1 Å². The molecule has 0 aliphatic rings. The molecule has 0 fully saturated rings. The number of ether oxygens (including phenoxy) is 1. The summed E-state index contributed by atoms with van der Waals surface area (Å²) in [6.07, 6.45) is 1.59. The number of nitrogens with zero attached hydrogens (tertiary/aromatic N) is 2. The second-order valence-corrected chi connectivity index (χ2v) is 8.22. The number of thiazole rings is 1. The Bertz CT molecular complexity index is 1210. The zero-order valence-electron chi connectivity index (χ0n) is 16.3. The van der Waals surface area contributed by atoms with Crippen molar-refractivity contribution in [3.63, 3.8) is 0 Å². The van der Waals surface area contributed by atoms with E-state index in [4.69, 9.17) is 16.3 Å². The van der Waals surface area contributed by atoms with Crippen LogP contribution in [0.3, 0.4) is 0 Å². The van der Waals surface area contributed by atoms with Crippen LogP contribution in [0.4, 0.5) is 5.13 Å². The van der Waals surface area contributed by atoms with Crippen LogP contribution in [0.1, 0.15) is 20.8 Å². The highest BCUT2D eigenvalue weighted by Gasteiger charge is 2.18. The average molecular weight is 436 g/mol. The monoisotopic (exact) mass is 435 g/mol. The first-order chi connectivity index (χ1) is 14.5. The van der Waals surface area contributed by atoms with Crippen LogP contribution in [0.25, 0.3) is 11.3 Å². The van der Waals surface area contributed by atoms with Gasteiger partial charge in [-0.15, -0.1) is 11.3 Å². The molecule has 30 heavy (non-hydrogen) atoms. The summed E-state index contributed by atoms with van der Waals surface area (Å²) in [6.45, 7) is 3.92. The van der Waals surface area contributed by atoms with Gasteiger partial charge in [-0.3, -0.25) is 10.1 Å². The summed E-state index contributed by atoms with van der Waals surface area (Å²) in [4.78, 5) is 22.7. The summed E-state index contributed by atoms with van der Waals surface area (Å²) in [5, 5.41) is 4.04. The van der Waals surface area contributed by atoms with Gasteiger partial charge < -0.3 is 4.74 Å². The summed E-state index contributed by atoms with van der Waals surface area (Å²) in [6, 6.07) is 18.4. The number of halogens is 1. The first-order valence-corrected chi connectivity index (χ1v) is 10.4. The lowest BCUT2D eigenvalue weighted by Crippen LogP contribution is -2.13. The zero-order chi connectivity index (χ0) is 21.1. The molecule has 0 spiro atoms. The van der Waals surface area contributed by atoms with E-state index in [9.17, 15) is 4.79 Å². The molecule has 5 nitrogen and oxygen atoms in total. The van der Waals surface area contributed by atoms with Crippen molar-refractivity contribution in [2.75, 3.05) is 5.32 Å². The summed E-state index contributed by atoms with van der Waals surface area (Å²) >= 11 is 7.66. The number of anilines is 1. The van der Waals surface area contributed by atoms with Crippen LogP contribution in [-0.4, -0.2) is 15.9 Å². The van der Waals surface area contributed by atoms with Crippen molar-refractivity contribution in [2.45, 2.75) is 13.8 Å². The number of pyridine rings is 1. The van der Waals surface area contributed by atoms with Gasteiger partial charge in [-0.05, 0) is 49.7 Å². The summed E-state index contributed by atoms with van der Waals surface area (Å²) < 4.78 is 5.79. The molecular weight excluding hydrogens is 418 g/mol. The number of para-hydroxylation sites is 1. The van der Waals surface area contributed by atoms with Crippen molar-refractivity contribution in [3.8, 4) is 22.9 Å². The largest absolute Gasteiger partial charge is 0.438 e. The smallest absolute Gasteiger partial charge is 0.262 e. The third-order valence-corrected chi connectivity index (χ3v) is 5.73. The molecule has 2 aromatic heterocycles. The summed E-state index contributed by atoms with van der Waals surface area (Å²) in [5.41, 5.74) is 3.04. The highest BCUT2D eigenvalue weighted by atomic mass is 35.5. The van der Waals surface area contributed by atoms with Crippen molar-refractivity contribution in [2.24, 2.45) is 0 Å². The van der Waals surface area contributed by atoms with Crippen LogP contribution in [0, 0.1) is 13.8 Å². The molecule has 150 valence electrons. The average Bonchev–Trinajstić information content (AvgIpc) is 3.11. The molecule has 2 aromatic carbocycles. The normalized spacial score (nSPS) is 10.6. The van der Waals surface area contributed by atoms with Crippen LogP contribution in [-0.2, 0) is 0 Å². The number of carbonyl (C=O) groups excluding carboxylic acids is 1. The van der Waals surface area contributed by atoms with Crippen LogP contribution in [0.5, 0.6) is 11.6 Å². The number of nitrogens with one attached hydrogen (secondary N) is 1. The highest BCUT2D eigenvalue weighted by molar-refractivity contribution is 7.16. The number of hydrogen-bond donors (Lipinski definition) is 1. The zero-order valence-corrected chi connectivity index (χ0v) is 17.9. The number of aromatic nitrogens is 2. The fourth-order valence-electron chi connectivity index (χ4n) is 2.87. The predicted molar refractivity (Wildman–Crippen MR) is 121 cm³/mol. The molecule has 0 atom stereocenters.